The van der Waals surface area contributed by atoms with Crippen molar-refractivity contribution in [2.75, 3.05) is 13.1 Å². The predicted molar refractivity (Wildman–Crippen MR) is 86.3 cm³/mol. The topological polar surface area (TPSA) is 12.5 Å². The summed E-state index contributed by atoms with van der Waals surface area (Å²) < 4.78 is 19.9. The summed E-state index contributed by atoms with van der Waals surface area (Å²) in [5, 5.41) is 0. The molecular weight excluding hydrogens is 277 g/mol. The van der Waals surface area contributed by atoms with E-state index in [4.69, 9.17) is 4.74 Å². The molecule has 1 aliphatic heterocycles. The molecule has 3 rings (SSSR count). The van der Waals surface area contributed by atoms with Crippen LogP contribution in [0.15, 0.2) is 60.7 Å². The number of alkyl halides is 1. The predicted octanol–water partition coefficient (Wildman–Crippen LogP) is 3.82. The van der Waals surface area contributed by atoms with Crippen molar-refractivity contribution in [3.05, 3.63) is 71.8 Å². The van der Waals surface area contributed by atoms with Gasteiger partial charge in [-0.1, -0.05) is 60.7 Å². The van der Waals surface area contributed by atoms with Crippen molar-refractivity contribution >= 4 is 0 Å². The van der Waals surface area contributed by atoms with E-state index in [2.05, 4.69) is 17.0 Å². The molecule has 0 spiro atoms. The maximum absolute atomic E-state index is 14.0. The molecule has 2 nitrogen and oxygen atoms in total. The number of hydrogen-bond donors (Lipinski definition) is 0. The molecule has 2 aromatic carbocycles. The monoisotopic (exact) mass is 299 g/mol. The molecule has 0 radical (unpaired) electrons. The molecule has 1 aliphatic rings. The summed E-state index contributed by atoms with van der Waals surface area (Å²) in [5.41, 5.74) is 2.36. The Morgan fingerprint density at radius 3 is 2.23 bits per heavy atom. The van der Waals surface area contributed by atoms with Crippen LogP contribution in [0.4, 0.5) is 4.39 Å². The van der Waals surface area contributed by atoms with E-state index in [9.17, 15) is 4.39 Å². The van der Waals surface area contributed by atoms with E-state index in [0.29, 0.717) is 19.6 Å². The van der Waals surface area contributed by atoms with Crippen molar-refractivity contribution in [1.82, 2.24) is 4.90 Å². The van der Waals surface area contributed by atoms with Crippen LogP contribution in [0.1, 0.15) is 17.5 Å². The summed E-state index contributed by atoms with van der Waals surface area (Å²) in [7, 11) is 0. The molecule has 1 fully saturated rings. The van der Waals surface area contributed by atoms with E-state index >= 15 is 0 Å². The first-order chi connectivity index (χ1) is 10.8. The van der Waals surface area contributed by atoms with Crippen LogP contribution in [-0.4, -0.2) is 30.3 Å². The smallest absolute Gasteiger partial charge is 0.115 e. The number of ether oxygens (including phenoxy) is 1. The third-order valence-corrected chi connectivity index (χ3v) is 4.01. The molecular formula is C19H22FNO. The fourth-order valence-electron chi connectivity index (χ4n) is 2.96. The van der Waals surface area contributed by atoms with Gasteiger partial charge in [0, 0.05) is 26.1 Å². The Balaban J connectivity index is 1.54. The first-order valence-corrected chi connectivity index (χ1v) is 7.85. The molecule has 0 aliphatic carbocycles. The zero-order chi connectivity index (χ0) is 15.2. The van der Waals surface area contributed by atoms with E-state index < -0.39 is 6.17 Å². The number of piperidine rings is 1. The van der Waals surface area contributed by atoms with Crippen molar-refractivity contribution in [2.45, 2.75) is 31.8 Å². The molecule has 0 saturated carbocycles. The summed E-state index contributed by atoms with van der Waals surface area (Å²) >= 11 is 0. The van der Waals surface area contributed by atoms with Gasteiger partial charge in [-0.15, -0.1) is 0 Å². The third-order valence-electron chi connectivity index (χ3n) is 4.01. The molecule has 1 heterocycles. The molecule has 0 N–H and O–H groups in total. The van der Waals surface area contributed by atoms with Crippen molar-refractivity contribution in [3.63, 3.8) is 0 Å². The molecule has 0 aromatic heterocycles. The minimum absolute atomic E-state index is 0.0346. The van der Waals surface area contributed by atoms with Crippen LogP contribution in [0.25, 0.3) is 0 Å². The Morgan fingerprint density at radius 1 is 0.909 bits per heavy atom. The third kappa shape index (κ3) is 4.39. The molecule has 116 valence electrons. The van der Waals surface area contributed by atoms with Gasteiger partial charge in [0.1, 0.15) is 6.17 Å². The molecule has 3 heteroatoms. The maximum Gasteiger partial charge on any atom is 0.115 e. The van der Waals surface area contributed by atoms with Crippen molar-refractivity contribution < 1.29 is 9.13 Å². The summed E-state index contributed by atoms with van der Waals surface area (Å²) in [6.45, 7) is 2.63. The second-order valence-electron chi connectivity index (χ2n) is 5.93. The largest absolute Gasteiger partial charge is 0.372 e. The first-order valence-electron chi connectivity index (χ1n) is 7.85. The molecule has 2 aromatic rings. The van der Waals surface area contributed by atoms with Crippen molar-refractivity contribution in [2.24, 2.45) is 0 Å². The minimum atomic E-state index is -0.807. The number of likely N-dealkylation sites (tertiary alicyclic amines) is 1. The highest BCUT2D eigenvalue weighted by atomic mass is 19.1. The second kappa shape index (κ2) is 7.52. The highest BCUT2D eigenvalue weighted by molar-refractivity contribution is 5.15. The lowest BCUT2D eigenvalue weighted by atomic mass is 10.1. The standard InChI is InChI=1S/C19H22FNO/c20-18-11-19(22-15-17-9-5-2-6-10-17)14-21(13-18)12-16-7-3-1-4-8-16/h1-10,18-19H,11-15H2/t18-,19+/m0/s1. The number of hydrogen-bond acceptors (Lipinski definition) is 2. The average Bonchev–Trinajstić information content (AvgIpc) is 2.54. The van der Waals surface area contributed by atoms with Gasteiger partial charge < -0.3 is 4.74 Å². The SMILES string of the molecule is F[C@H]1C[C@@H](OCc2ccccc2)CN(Cc2ccccc2)C1. The lowest BCUT2D eigenvalue weighted by Crippen LogP contribution is -2.44. The molecule has 2 atom stereocenters. The van der Waals surface area contributed by atoms with Gasteiger partial charge in [0.25, 0.3) is 0 Å². The number of benzene rings is 2. The summed E-state index contributed by atoms with van der Waals surface area (Å²) in [4.78, 5) is 2.15. The van der Waals surface area contributed by atoms with Crippen LogP contribution in [0.3, 0.4) is 0 Å². The number of nitrogens with zero attached hydrogens (tertiary/aromatic N) is 1. The van der Waals surface area contributed by atoms with Crippen LogP contribution in [-0.2, 0) is 17.9 Å². The van der Waals surface area contributed by atoms with Crippen LogP contribution in [0.5, 0.6) is 0 Å². The highest BCUT2D eigenvalue weighted by Gasteiger charge is 2.27. The van der Waals surface area contributed by atoms with Gasteiger partial charge in [-0.3, -0.25) is 4.90 Å². The van der Waals surface area contributed by atoms with Crippen LogP contribution in [0, 0.1) is 0 Å². The number of halogens is 1. The van der Waals surface area contributed by atoms with E-state index in [1.807, 2.05) is 48.5 Å². The Bertz CT molecular complexity index is 560. The van der Waals surface area contributed by atoms with Gasteiger partial charge in [-0.05, 0) is 11.1 Å². The number of rotatable bonds is 5. The fourth-order valence-corrected chi connectivity index (χ4v) is 2.96. The average molecular weight is 299 g/mol. The fraction of sp³-hybridized carbons (Fsp3) is 0.368. The molecule has 0 amide bonds. The van der Waals surface area contributed by atoms with Gasteiger partial charge in [-0.2, -0.15) is 0 Å². The Kier molecular flexibility index (Phi) is 5.20. The lowest BCUT2D eigenvalue weighted by molar-refractivity contribution is -0.0370. The Hall–Kier alpha value is -1.71. The molecule has 1 saturated heterocycles. The summed E-state index contributed by atoms with van der Waals surface area (Å²) in [6, 6.07) is 20.3. The Morgan fingerprint density at radius 2 is 1.55 bits per heavy atom. The molecule has 0 bridgehead atoms. The maximum atomic E-state index is 14.0. The molecule has 0 unspecified atom stereocenters. The van der Waals surface area contributed by atoms with Gasteiger partial charge in [-0.25, -0.2) is 4.39 Å². The van der Waals surface area contributed by atoms with Crippen LogP contribution < -0.4 is 0 Å². The Labute approximate surface area is 131 Å². The van der Waals surface area contributed by atoms with Crippen molar-refractivity contribution in [1.29, 1.82) is 0 Å². The van der Waals surface area contributed by atoms with Crippen molar-refractivity contribution in [3.8, 4) is 0 Å². The zero-order valence-electron chi connectivity index (χ0n) is 12.7. The molecule has 22 heavy (non-hydrogen) atoms. The van der Waals surface area contributed by atoms with Gasteiger partial charge >= 0.3 is 0 Å². The van der Waals surface area contributed by atoms with Gasteiger partial charge in [0.15, 0.2) is 0 Å². The second-order valence-corrected chi connectivity index (χ2v) is 5.93. The summed E-state index contributed by atoms with van der Waals surface area (Å²) in [6.07, 6.45) is -0.344. The zero-order valence-corrected chi connectivity index (χ0v) is 12.7. The summed E-state index contributed by atoms with van der Waals surface area (Å²) in [5.74, 6) is 0. The lowest BCUT2D eigenvalue weighted by Gasteiger charge is -2.34. The van der Waals surface area contributed by atoms with Gasteiger partial charge in [0.2, 0.25) is 0 Å². The van der Waals surface area contributed by atoms with E-state index in [1.54, 1.807) is 0 Å². The van der Waals surface area contributed by atoms with E-state index in [1.165, 1.54) is 5.56 Å². The quantitative estimate of drug-likeness (QED) is 0.832. The highest BCUT2D eigenvalue weighted by Crippen LogP contribution is 2.19. The first kappa shape index (κ1) is 15.2. The van der Waals surface area contributed by atoms with Crippen LogP contribution >= 0.6 is 0 Å². The van der Waals surface area contributed by atoms with E-state index in [0.717, 1.165) is 18.7 Å². The van der Waals surface area contributed by atoms with Crippen LogP contribution in [0.2, 0.25) is 0 Å². The minimum Gasteiger partial charge on any atom is -0.372 e. The van der Waals surface area contributed by atoms with Gasteiger partial charge in [0.05, 0.1) is 12.7 Å². The normalized spacial score (nSPS) is 22.6. The van der Waals surface area contributed by atoms with E-state index in [-0.39, 0.29) is 6.10 Å².